The zero-order valence-electron chi connectivity index (χ0n) is 14.3. The highest BCUT2D eigenvalue weighted by molar-refractivity contribution is 6.07. The van der Waals surface area contributed by atoms with Crippen molar-refractivity contribution in [2.45, 2.75) is 37.9 Å². The van der Waals surface area contributed by atoms with E-state index in [4.69, 9.17) is 4.99 Å². The number of para-hydroxylation sites is 1. The summed E-state index contributed by atoms with van der Waals surface area (Å²) in [6, 6.07) is 19.8. The number of amidine groups is 1. The Bertz CT molecular complexity index is 809. The van der Waals surface area contributed by atoms with Gasteiger partial charge in [0.2, 0.25) is 0 Å². The number of fused-ring (bicyclic) bond motifs is 6. The maximum atomic E-state index is 4.96. The Morgan fingerprint density at radius 2 is 1.75 bits per heavy atom. The maximum Gasteiger partial charge on any atom is 0.135 e. The second kappa shape index (κ2) is 4.85. The fraction of sp³-hybridized carbons (Fsp3) is 0.381. The molecule has 0 N–H and O–H groups in total. The van der Waals surface area contributed by atoms with E-state index < -0.39 is 0 Å². The predicted molar refractivity (Wildman–Crippen MR) is 98.7 cm³/mol. The molecule has 0 amide bonds. The molecule has 0 aromatic heterocycles. The third-order valence-electron chi connectivity index (χ3n) is 5.80. The van der Waals surface area contributed by atoms with Crippen molar-refractivity contribution in [2.24, 2.45) is 4.99 Å². The van der Waals surface area contributed by atoms with Crippen molar-refractivity contribution in [1.82, 2.24) is 4.90 Å². The van der Waals surface area contributed by atoms with Gasteiger partial charge in [0.1, 0.15) is 12.0 Å². The maximum absolute atomic E-state index is 4.96. The summed E-state index contributed by atoms with van der Waals surface area (Å²) in [6.07, 6.45) is 1.57. The van der Waals surface area contributed by atoms with Crippen LogP contribution in [0.1, 0.15) is 37.3 Å². The molecule has 0 saturated carbocycles. The van der Waals surface area contributed by atoms with Gasteiger partial charge in [0.05, 0.1) is 12.1 Å². The van der Waals surface area contributed by atoms with Crippen molar-refractivity contribution in [3.05, 3.63) is 65.7 Å². The van der Waals surface area contributed by atoms with Gasteiger partial charge < -0.3 is 9.80 Å². The van der Waals surface area contributed by atoms with Crippen LogP contribution in [-0.4, -0.2) is 35.5 Å². The molecule has 3 aliphatic rings. The molecule has 3 aliphatic heterocycles. The Labute approximate surface area is 143 Å². The van der Waals surface area contributed by atoms with Crippen LogP contribution in [0.3, 0.4) is 0 Å². The number of benzene rings is 2. The first-order valence-electron chi connectivity index (χ1n) is 8.92. The molecule has 2 unspecified atom stereocenters. The monoisotopic (exact) mass is 317 g/mol. The number of nitrogens with zero attached hydrogens (tertiary/aromatic N) is 3. The summed E-state index contributed by atoms with van der Waals surface area (Å²) in [7, 11) is 0. The summed E-state index contributed by atoms with van der Waals surface area (Å²) in [5, 5.41) is 0. The molecule has 0 aliphatic carbocycles. The Morgan fingerprint density at radius 3 is 2.58 bits per heavy atom. The largest absolute Gasteiger partial charge is 0.350 e. The zero-order valence-corrected chi connectivity index (χ0v) is 14.3. The summed E-state index contributed by atoms with van der Waals surface area (Å²) in [5.74, 6) is 1.72. The lowest BCUT2D eigenvalue weighted by Gasteiger charge is -2.49. The number of aliphatic imine (C=N–C) groups is 1. The molecule has 3 heterocycles. The average molecular weight is 317 g/mol. The van der Waals surface area contributed by atoms with Crippen LogP contribution in [0, 0.1) is 0 Å². The van der Waals surface area contributed by atoms with Crippen LogP contribution in [0.2, 0.25) is 0 Å². The summed E-state index contributed by atoms with van der Waals surface area (Å²) in [6.45, 7) is 6.65. The van der Waals surface area contributed by atoms with Crippen molar-refractivity contribution < 1.29 is 0 Å². The van der Waals surface area contributed by atoms with Gasteiger partial charge in [-0.3, -0.25) is 4.99 Å². The van der Waals surface area contributed by atoms with Gasteiger partial charge in [-0.2, -0.15) is 0 Å². The lowest BCUT2D eigenvalue weighted by molar-refractivity contribution is 0.173. The molecule has 24 heavy (non-hydrogen) atoms. The predicted octanol–water partition coefficient (Wildman–Crippen LogP) is 3.86. The number of anilines is 1. The van der Waals surface area contributed by atoms with Crippen molar-refractivity contribution in [2.75, 3.05) is 18.0 Å². The SMILES string of the molecule is CC1(C)CN=C2c3ccccc3N3CCC(c4ccccc4)C3N21. The van der Waals surface area contributed by atoms with Crippen LogP contribution in [0.25, 0.3) is 0 Å². The highest BCUT2D eigenvalue weighted by Crippen LogP contribution is 2.47. The summed E-state index contributed by atoms with van der Waals surface area (Å²) in [4.78, 5) is 10.2. The van der Waals surface area contributed by atoms with Crippen molar-refractivity contribution >= 4 is 11.5 Å². The second-order valence-electron chi connectivity index (χ2n) is 7.75. The molecule has 0 spiro atoms. The topological polar surface area (TPSA) is 18.8 Å². The minimum atomic E-state index is 0.0726. The van der Waals surface area contributed by atoms with Crippen LogP contribution in [0.5, 0.6) is 0 Å². The van der Waals surface area contributed by atoms with Crippen LogP contribution >= 0.6 is 0 Å². The molecule has 3 nitrogen and oxygen atoms in total. The number of rotatable bonds is 1. The van der Waals surface area contributed by atoms with Gasteiger partial charge in [0.25, 0.3) is 0 Å². The molecule has 1 fully saturated rings. The Balaban J connectivity index is 1.68. The van der Waals surface area contributed by atoms with Crippen LogP contribution in [-0.2, 0) is 0 Å². The van der Waals surface area contributed by atoms with E-state index in [1.807, 2.05) is 0 Å². The van der Waals surface area contributed by atoms with E-state index in [2.05, 4.69) is 78.2 Å². The zero-order chi connectivity index (χ0) is 16.3. The third kappa shape index (κ3) is 1.81. The Kier molecular flexibility index (Phi) is 2.85. The fourth-order valence-electron chi connectivity index (χ4n) is 4.72. The lowest BCUT2D eigenvalue weighted by Crippen LogP contribution is -2.60. The Hall–Kier alpha value is -2.29. The highest BCUT2D eigenvalue weighted by atomic mass is 15.5. The van der Waals surface area contributed by atoms with Gasteiger partial charge >= 0.3 is 0 Å². The molecular weight excluding hydrogens is 294 g/mol. The van der Waals surface area contributed by atoms with E-state index in [1.54, 1.807) is 0 Å². The van der Waals surface area contributed by atoms with Crippen LogP contribution in [0.15, 0.2) is 59.6 Å². The van der Waals surface area contributed by atoms with Gasteiger partial charge in [-0.1, -0.05) is 42.5 Å². The first kappa shape index (κ1) is 14.1. The molecule has 2 atom stereocenters. The van der Waals surface area contributed by atoms with E-state index >= 15 is 0 Å². The molecule has 5 rings (SSSR count). The van der Waals surface area contributed by atoms with E-state index in [9.17, 15) is 0 Å². The quantitative estimate of drug-likeness (QED) is 0.795. The third-order valence-corrected chi connectivity index (χ3v) is 5.80. The number of hydrogen-bond acceptors (Lipinski definition) is 3. The number of hydrogen-bond donors (Lipinski definition) is 0. The molecule has 0 radical (unpaired) electrons. The van der Waals surface area contributed by atoms with E-state index in [0.717, 1.165) is 13.1 Å². The highest BCUT2D eigenvalue weighted by Gasteiger charge is 2.51. The van der Waals surface area contributed by atoms with Crippen molar-refractivity contribution in [3.8, 4) is 0 Å². The summed E-state index contributed by atoms with van der Waals surface area (Å²) >= 11 is 0. The minimum absolute atomic E-state index is 0.0726. The molecule has 2 aromatic rings. The molecule has 2 aromatic carbocycles. The van der Waals surface area contributed by atoms with Gasteiger partial charge in [-0.25, -0.2) is 0 Å². The first-order valence-corrected chi connectivity index (χ1v) is 8.92. The van der Waals surface area contributed by atoms with Crippen molar-refractivity contribution in [3.63, 3.8) is 0 Å². The fourth-order valence-corrected chi connectivity index (χ4v) is 4.72. The van der Waals surface area contributed by atoms with E-state index in [-0.39, 0.29) is 5.54 Å². The summed E-state index contributed by atoms with van der Waals surface area (Å²) < 4.78 is 0. The van der Waals surface area contributed by atoms with Crippen molar-refractivity contribution in [1.29, 1.82) is 0 Å². The molecule has 3 heteroatoms. The van der Waals surface area contributed by atoms with Gasteiger partial charge in [-0.05, 0) is 38.0 Å². The normalized spacial score (nSPS) is 26.7. The Morgan fingerprint density at radius 1 is 1.00 bits per heavy atom. The standard InChI is InChI=1S/C21H23N3/c1-21(2)14-22-19-17-10-6-7-11-18(17)23-13-12-16(20(23)24(19)21)15-8-4-3-5-9-15/h3-11,16,20H,12-14H2,1-2H3. The first-order chi connectivity index (χ1) is 11.7. The lowest BCUT2D eigenvalue weighted by atomic mass is 9.90. The van der Waals surface area contributed by atoms with Gasteiger partial charge in [0.15, 0.2) is 0 Å². The van der Waals surface area contributed by atoms with E-state index in [0.29, 0.717) is 12.1 Å². The summed E-state index contributed by atoms with van der Waals surface area (Å²) in [5.41, 5.74) is 4.18. The molecule has 1 saturated heterocycles. The van der Waals surface area contributed by atoms with Crippen LogP contribution < -0.4 is 4.90 Å². The van der Waals surface area contributed by atoms with Gasteiger partial charge in [-0.15, -0.1) is 0 Å². The van der Waals surface area contributed by atoms with Crippen LogP contribution in [0.4, 0.5) is 5.69 Å². The molecule has 0 bridgehead atoms. The minimum Gasteiger partial charge on any atom is -0.350 e. The van der Waals surface area contributed by atoms with Gasteiger partial charge in [0, 0.05) is 23.7 Å². The molecule has 122 valence electrons. The van der Waals surface area contributed by atoms with E-state index in [1.165, 1.54) is 29.1 Å². The smallest absolute Gasteiger partial charge is 0.135 e. The second-order valence-corrected chi connectivity index (χ2v) is 7.75. The molecular formula is C21H23N3. The average Bonchev–Trinajstić information content (AvgIpc) is 3.17.